The van der Waals surface area contributed by atoms with E-state index >= 15 is 0 Å². The normalized spacial score (nSPS) is 17.3. The van der Waals surface area contributed by atoms with E-state index in [0.29, 0.717) is 29.3 Å². The summed E-state index contributed by atoms with van der Waals surface area (Å²) < 4.78 is 46.2. The maximum absolute atomic E-state index is 13.6. The Labute approximate surface area is 219 Å². The van der Waals surface area contributed by atoms with Gasteiger partial charge in [0.05, 0.1) is 29.7 Å². The second-order valence-corrected chi connectivity index (χ2v) is 10.2. The molecule has 2 heterocycles. The molecule has 1 aliphatic rings. The van der Waals surface area contributed by atoms with Crippen LogP contribution in [0.4, 0.5) is 13.2 Å². The first-order valence-corrected chi connectivity index (χ1v) is 12.8. The van der Waals surface area contributed by atoms with Crippen molar-refractivity contribution in [3.8, 4) is 16.9 Å². The van der Waals surface area contributed by atoms with E-state index in [2.05, 4.69) is 4.98 Å². The van der Waals surface area contributed by atoms with Crippen molar-refractivity contribution in [2.45, 2.75) is 36.1 Å². The molecule has 2 unspecified atom stereocenters. The van der Waals surface area contributed by atoms with Crippen molar-refractivity contribution < 1.29 is 27.8 Å². The van der Waals surface area contributed by atoms with Gasteiger partial charge in [0, 0.05) is 39.4 Å². The number of hydrogen-bond donors (Lipinski definition) is 3. The lowest BCUT2D eigenvalue weighted by atomic mass is 9.98. The van der Waals surface area contributed by atoms with E-state index in [1.165, 1.54) is 19.2 Å². The Morgan fingerprint density at radius 2 is 2.08 bits per heavy atom. The fraction of sp³-hybridized carbons (Fsp3) is 0.360. The summed E-state index contributed by atoms with van der Waals surface area (Å²) in [6.07, 6.45) is -4.15. The molecule has 0 spiro atoms. The highest BCUT2D eigenvalue weighted by molar-refractivity contribution is 7.99. The molecule has 0 radical (unpaired) electrons. The third kappa shape index (κ3) is 5.90. The highest BCUT2D eigenvalue weighted by Crippen LogP contribution is 2.42. The first-order chi connectivity index (χ1) is 17.5. The molecule has 12 heteroatoms. The molecule has 1 amide bonds. The van der Waals surface area contributed by atoms with Crippen molar-refractivity contribution in [1.29, 1.82) is 0 Å². The van der Waals surface area contributed by atoms with Crippen LogP contribution in [0, 0.1) is 0 Å². The number of pyridine rings is 1. The van der Waals surface area contributed by atoms with Crippen molar-refractivity contribution in [3.05, 3.63) is 57.3 Å². The maximum Gasteiger partial charge on any atom is 0.416 e. The fourth-order valence-electron chi connectivity index (χ4n) is 4.60. The molecule has 1 fully saturated rings. The van der Waals surface area contributed by atoms with Gasteiger partial charge in [0.1, 0.15) is 5.75 Å². The van der Waals surface area contributed by atoms with E-state index < -0.39 is 35.4 Å². The zero-order chi connectivity index (χ0) is 26.9. The number of carbonyl (C=O) groups excluding carboxylic acids is 1. The van der Waals surface area contributed by atoms with Gasteiger partial charge < -0.3 is 20.6 Å². The predicted molar refractivity (Wildman–Crippen MR) is 137 cm³/mol. The number of aromatic nitrogens is 1. The second kappa shape index (κ2) is 10.9. The number of amides is 1. The van der Waals surface area contributed by atoms with E-state index in [-0.39, 0.29) is 33.7 Å². The highest BCUT2D eigenvalue weighted by atomic mass is 35.5. The summed E-state index contributed by atoms with van der Waals surface area (Å²) in [7, 11) is 1.41. The molecule has 4 N–H and O–H groups in total. The number of aromatic amines is 1. The number of hydrogen-bond acceptors (Lipinski definition) is 6. The molecular weight excluding hydrogens is 531 g/mol. The van der Waals surface area contributed by atoms with E-state index in [4.69, 9.17) is 22.1 Å². The van der Waals surface area contributed by atoms with Crippen molar-refractivity contribution in [1.82, 2.24) is 9.88 Å². The molecule has 0 aliphatic carbocycles. The number of aliphatic hydroxyl groups is 1. The number of likely N-dealkylation sites (tertiary alicyclic amines) is 1. The lowest BCUT2D eigenvalue weighted by Crippen LogP contribution is -2.44. The molecule has 4 rings (SSSR count). The zero-order valence-corrected chi connectivity index (χ0v) is 21.3. The Morgan fingerprint density at radius 3 is 2.76 bits per heavy atom. The van der Waals surface area contributed by atoms with Crippen molar-refractivity contribution in [3.63, 3.8) is 0 Å². The van der Waals surface area contributed by atoms with Crippen LogP contribution in [-0.2, 0) is 11.0 Å². The highest BCUT2D eigenvalue weighted by Gasteiger charge is 2.32. The standard InChI is InChI=1S/C25H25ClF3N3O4S/c1-36-20-7-5-14(26)10-17(20)21-16-9-13(25(27,28)29)4-6-18(16)31-24(35)22(21)37-12-15(33)11-32-8-2-3-19(32)23(30)34/h4-7,9-10,15,19,33H,2-3,8,11-12H2,1H3,(H2,30,34)(H,31,35). The molecule has 1 aliphatic heterocycles. The number of primary amides is 1. The number of nitrogens with zero attached hydrogens (tertiary/aromatic N) is 1. The molecule has 7 nitrogen and oxygen atoms in total. The quantitative estimate of drug-likeness (QED) is 0.358. The van der Waals surface area contributed by atoms with Gasteiger partial charge in [-0.05, 0) is 55.8 Å². The van der Waals surface area contributed by atoms with Crippen LogP contribution in [0.1, 0.15) is 18.4 Å². The predicted octanol–water partition coefficient (Wildman–Crippen LogP) is 4.28. The van der Waals surface area contributed by atoms with Crippen LogP contribution in [0.5, 0.6) is 5.75 Å². The summed E-state index contributed by atoms with van der Waals surface area (Å²) in [5, 5.41) is 11.2. The van der Waals surface area contributed by atoms with Crippen LogP contribution in [0.2, 0.25) is 5.02 Å². The van der Waals surface area contributed by atoms with Gasteiger partial charge in [-0.1, -0.05) is 11.6 Å². The summed E-state index contributed by atoms with van der Waals surface area (Å²) in [6.45, 7) is 0.775. The van der Waals surface area contributed by atoms with Gasteiger partial charge in [0.15, 0.2) is 0 Å². The number of rotatable bonds is 8. The Morgan fingerprint density at radius 1 is 1.32 bits per heavy atom. The van der Waals surface area contributed by atoms with Crippen LogP contribution in [0.25, 0.3) is 22.0 Å². The summed E-state index contributed by atoms with van der Waals surface area (Å²) >= 11 is 7.23. The Bertz CT molecular complexity index is 1380. The average Bonchev–Trinajstić information content (AvgIpc) is 3.30. The number of nitrogens with one attached hydrogen (secondary N) is 1. The summed E-state index contributed by atoms with van der Waals surface area (Å²) in [5.41, 5.74) is 4.82. The summed E-state index contributed by atoms with van der Waals surface area (Å²) in [4.78, 5) is 29.4. The lowest BCUT2D eigenvalue weighted by Gasteiger charge is -2.24. The zero-order valence-electron chi connectivity index (χ0n) is 19.8. The largest absolute Gasteiger partial charge is 0.496 e. The number of benzene rings is 2. The number of nitrogens with two attached hydrogens (primary N) is 1. The summed E-state index contributed by atoms with van der Waals surface area (Å²) in [6, 6.07) is 7.29. The Hall–Kier alpha value is -2.73. The molecule has 2 atom stereocenters. The van der Waals surface area contributed by atoms with Crippen LogP contribution in [0.15, 0.2) is 46.1 Å². The third-order valence-corrected chi connectivity index (χ3v) is 7.75. The number of aliphatic hydroxyl groups excluding tert-OH is 1. The van der Waals surface area contributed by atoms with Gasteiger partial charge in [-0.15, -0.1) is 11.8 Å². The molecule has 2 aromatic carbocycles. The third-order valence-electron chi connectivity index (χ3n) is 6.29. The first kappa shape index (κ1) is 27.3. The average molecular weight is 556 g/mol. The lowest BCUT2D eigenvalue weighted by molar-refractivity contribution is -0.137. The summed E-state index contributed by atoms with van der Waals surface area (Å²) in [5.74, 6) is -0.0950. The van der Waals surface area contributed by atoms with Gasteiger partial charge in [0.2, 0.25) is 5.91 Å². The maximum atomic E-state index is 13.6. The number of carbonyl (C=O) groups is 1. The number of halogens is 4. The van der Waals surface area contributed by atoms with Gasteiger partial charge >= 0.3 is 6.18 Å². The van der Waals surface area contributed by atoms with E-state index in [9.17, 15) is 27.9 Å². The van der Waals surface area contributed by atoms with Crippen LogP contribution >= 0.6 is 23.4 Å². The number of methoxy groups -OCH3 is 1. The molecule has 1 aromatic heterocycles. The van der Waals surface area contributed by atoms with Crippen molar-refractivity contribution in [2.75, 3.05) is 26.0 Å². The van der Waals surface area contributed by atoms with E-state index in [1.807, 2.05) is 0 Å². The van der Waals surface area contributed by atoms with Gasteiger partial charge in [-0.25, -0.2) is 0 Å². The first-order valence-electron chi connectivity index (χ1n) is 11.4. The minimum absolute atomic E-state index is 0.0470. The van der Waals surface area contributed by atoms with E-state index in [0.717, 1.165) is 30.3 Å². The number of β-amino-alcohol motifs (C(OH)–C–C–N with tert-alkyl or cyclic N) is 1. The van der Waals surface area contributed by atoms with Crippen LogP contribution in [-0.4, -0.2) is 59.0 Å². The van der Waals surface area contributed by atoms with Crippen molar-refractivity contribution in [2.24, 2.45) is 5.73 Å². The molecule has 0 bridgehead atoms. The van der Waals surface area contributed by atoms with Crippen LogP contribution in [0.3, 0.4) is 0 Å². The smallest absolute Gasteiger partial charge is 0.416 e. The van der Waals surface area contributed by atoms with Crippen LogP contribution < -0.4 is 16.0 Å². The number of alkyl halides is 3. The second-order valence-electron chi connectivity index (χ2n) is 8.78. The minimum Gasteiger partial charge on any atom is -0.496 e. The van der Waals surface area contributed by atoms with Crippen molar-refractivity contribution >= 4 is 40.2 Å². The van der Waals surface area contributed by atoms with Gasteiger partial charge in [-0.3, -0.25) is 14.5 Å². The number of ether oxygens (including phenoxy) is 1. The number of fused-ring (bicyclic) bond motifs is 1. The number of H-pyrrole nitrogens is 1. The minimum atomic E-state index is -4.60. The van der Waals surface area contributed by atoms with Gasteiger partial charge in [-0.2, -0.15) is 13.2 Å². The molecule has 0 saturated carbocycles. The molecular formula is C25H25ClF3N3O4S. The van der Waals surface area contributed by atoms with E-state index in [1.54, 1.807) is 17.0 Å². The molecule has 1 saturated heterocycles. The Kier molecular flexibility index (Phi) is 8.08. The number of thioether (sulfide) groups is 1. The monoisotopic (exact) mass is 555 g/mol. The SMILES string of the molecule is COc1ccc(Cl)cc1-c1c(SCC(O)CN2CCCC2C(N)=O)c(=O)[nH]c2ccc(C(F)(F)F)cc12. The fourth-order valence-corrected chi connectivity index (χ4v) is 5.78. The Balaban J connectivity index is 1.79. The molecule has 3 aromatic rings. The molecule has 37 heavy (non-hydrogen) atoms. The molecule has 198 valence electrons. The van der Waals surface area contributed by atoms with Gasteiger partial charge in [0.25, 0.3) is 5.56 Å². The topological polar surface area (TPSA) is 109 Å².